The molecule has 1 aromatic heterocycles. The normalized spacial score (nSPS) is 10.5. The number of carbonyl (C=O) groups is 1. The first-order valence-electron chi connectivity index (χ1n) is 4.15. The summed E-state index contributed by atoms with van der Waals surface area (Å²) >= 11 is 0. The van der Waals surface area contributed by atoms with Crippen LogP contribution < -0.4 is 5.43 Å². The maximum Gasteiger partial charge on any atom is 0.267 e. The second kappa shape index (κ2) is 3.62. The Kier molecular flexibility index (Phi) is 2.72. The van der Waals surface area contributed by atoms with Crippen molar-refractivity contribution in [2.75, 3.05) is 14.1 Å². The maximum absolute atomic E-state index is 11.5. The maximum atomic E-state index is 11.5. The lowest BCUT2D eigenvalue weighted by Crippen LogP contribution is -2.36. The third-order valence-corrected chi connectivity index (χ3v) is 1.72. The number of aryl methyl sites for hydroxylation is 2. The van der Waals surface area contributed by atoms with Crippen molar-refractivity contribution in [3.05, 3.63) is 23.0 Å². The third kappa shape index (κ3) is 2.32. The lowest BCUT2D eigenvalue weighted by Gasteiger charge is -2.10. The minimum absolute atomic E-state index is 0.0770. The summed E-state index contributed by atoms with van der Waals surface area (Å²) in [5.41, 5.74) is 5.29. The fraction of sp³-hybridized carbons (Fsp3) is 0.444. The van der Waals surface area contributed by atoms with Gasteiger partial charge in [-0.15, -0.1) is 0 Å². The molecule has 1 aromatic rings. The van der Waals surface area contributed by atoms with Crippen molar-refractivity contribution in [1.29, 1.82) is 0 Å². The molecule has 0 saturated heterocycles. The van der Waals surface area contributed by atoms with E-state index in [2.05, 4.69) is 10.4 Å². The Bertz CT molecular complexity index is 315. The van der Waals surface area contributed by atoms with Crippen LogP contribution in [0.4, 0.5) is 0 Å². The van der Waals surface area contributed by atoms with Gasteiger partial charge in [0.25, 0.3) is 5.91 Å². The molecule has 72 valence electrons. The molecule has 4 nitrogen and oxygen atoms in total. The van der Waals surface area contributed by atoms with Gasteiger partial charge >= 0.3 is 0 Å². The van der Waals surface area contributed by atoms with Crippen LogP contribution in [0.2, 0.25) is 0 Å². The van der Waals surface area contributed by atoms with E-state index in [1.807, 2.05) is 19.9 Å². The smallest absolute Gasteiger partial charge is 0.267 e. The molecular formula is C9H15N3O. The predicted molar refractivity (Wildman–Crippen MR) is 51.4 cm³/mol. The highest BCUT2D eigenvalue weighted by molar-refractivity contribution is 5.95. The van der Waals surface area contributed by atoms with Crippen LogP contribution in [-0.4, -0.2) is 30.0 Å². The average molecular weight is 181 g/mol. The Morgan fingerprint density at radius 1 is 1.46 bits per heavy atom. The van der Waals surface area contributed by atoms with Gasteiger partial charge in [-0.05, 0) is 19.9 Å². The number of carbonyl (C=O) groups excluding carboxylic acids is 1. The molecule has 0 spiro atoms. The van der Waals surface area contributed by atoms with E-state index in [0.717, 1.165) is 11.4 Å². The molecule has 0 unspecified atom stereocenters. The first kappa shape index (κ1) is 9.80. The highest BCUT2D eigenvalue weighted by atomic mass is 16.2. The number of hydrogen-bond donors (Lipinski definition) is 2. The van der Waals surface area contributed by atoms with Crippen LogP contribution in [0.5, 0.6) is 0 Å². The molecule has 0 bridgehead atoms. The van der Waals surface area contributed by atoms with Crippen LogP contribution in [0, 0.1) is 13.8 Å². The van der Waals surface area contributed by atoms with E-state index in [0.29, 0.717) is 5.56 Å². The van der Waals surface area contributed by atoms with Gasteiger partial charge in [0, 0.05) is 25.5 Å². The number of aromatic nitrogens is 1. The highest BCUT2D eigenvalue weighted by Gasteiger charge is 2.10. The van der Waals surface area contributed by atoms with E-state index in [-0.39, 0.29) is 5.91 Å². The molecule has 0 aromatic carbocycles. The third-order valence-electron chi connectivity index (χ3n) is 1.72. The van der Waals surface area contributed by atoms with E-state index in [1.54, 1.807) is 19.1 Å². The number of H-pyrrole nitrogens is 1. The number of hydrazine groups is 1. The van der Waals surface area contributed by atoms with Gasteiger partial charge in [0.2, 0.25) is 0 Å². The molecule has 0 atom stereocenters. The molecule has 0 aliphatic carbocycles. The number of hydrogen-bond acceptors (Lipinski definition) is 2. The van der Waals surface area contributed by atoms with Crippen LogP contribution in [0.3, 0.4) is 0 Å². The lowest BCUT2D eigenvalue weighted by molar-refractivity contribution is 0.0856. The van der Waals surface area contributed by atoms with Crippen molar-refractivity contribution in [2.45, 2.75) is 13.8 Å². The summed E-state index contributed by atoms with van der Waals surface area (Å²) in [5.74, 6) is -0.0770. The van der Waals surface area contributed by atoms with Gasteiger partial charge in [-0.25, -0.2) is 5.01 Å². The minimum Gasteiger partial charge on any atom is -0.362 e. The Labute approximate surface area is 77.9 Å². The molecule has 13 heavy (non-hydrogen) atoms. The molecule has 1 amide bonds. The summed E-state index contributed by atoms with van der Waals surface area (Å²) in [6, 6.07) is 1.84. The van der Waals surface area contributed by atoms with Gasteiger partial charge in [0.1, 0.15) is 0 Å². The van der Waals surface area contributed by atoms with Gasteiger partial charge in [0.15, 0.2) is 0 Å². The van der Waals surface area contributed by atoms with Crippen LogP contribution in [0.1, 0.15) is 21.7 Å². The molecule has 0 aliphatic heterocycles. The summed E-state index contributed by atoms with van der Waals surface area (Å²) in [6.45, 7) is 3.82. The fourth-order valence-electron chi connectivity index (χ4n) is 1.22. The van der Waals surface area contributed by atoms with E-state index >= 15 is 0 Å². The Morgan fingerprint density at radius 2 is 2.08 bits per heavy atom. The Morgan fingerprint density at radius 3 is 2.46 bits per heavy atom. The summed E-state index contributed by atoms with van der Waals surface area (Å²) in [6.07, 6.45) is 0. The average Bonchev–Trinajstić information content (AvgIpc) is 2.28. The minimum atomic E-state index is -0.0770. The molecule has 4 heteroatoms. The summed E-state index contributed by atoms with van der Waals surface area (Å²) in [5, 5.41) is 1.63. The Balaban J connectivity index is 2.82. The summed E-state index contributed by atoms with van der Waals surface area (Å²) in [4.78, 5) is 14.6. The van der Waals surface area contributed by atoms with Crippen molar-refractivity contribution in [1.82, 2.24) is 15.4 Å². The second-order valence-electron chi connectivity index (χ2n) is 3.33. The zero-order valence-corrected chi connectivity index (χ0v) is 8.43. The number of nitrogens with zero attached hydrogens (tertiary/aromatic N) is 1. The zero-order valence-electron chi connectivity index (χ0n) is 8.43. The van der Waals surface area contributed by atoms with E-state index in [1.165, 1.54) is 0 Å². The van der Waals surface area contributed by atoms with Crippen molar-refractivity contribution < 1.29 is 4.79 Å². The van der Waals surface area contributed by atoms with Crippen molar-refractivity contribution in [2.24, 2.45) is 0 Å². The first-order valence-corrected chi connectivity index (χ1v) is 4.15. The largest absolute Gasteiger partial charge is 0.362 e. The fourth-order valence-corrected chi connectivity index (χ4v) is 1.22. The number of aromatic amines is 1. The van der Waals surface area contributed by atoms with Crippen LogP contribution in [0.15, 0.2) is 6.07 Å². The SMILES string of the molecule is Cc1cc(C(=O)NN(C)C)c(C)[nH]1. The zero-order chi connectivity index (χ0) is 10.0. The Hall–Kier alpha value is -1.29. The van der Waals surface area contributed by atoms with E-state index < -0.39 is 0 Å². The van der Waals surface area contributed by atoms with Crippen LogP contribution >= 0.6 is 0 Å². The highest BCUT2D eigenvalue weighted by Crippen LogP contribution is 2.08. The van der Waals surface area contributed by atoms with Gasteiger partial charge in [-0.2, -0.15) is 0 Å². The second-order valence-corrected chi connectivity index (χ2v) is 3.33. The molecule has 1 rings (SSSR count). The predicted octanol–water partition coefficient (Wildman–Crippen LogP) is 0.838. The molecule has 0 saturated carbocycles. The van der Waals surface area contributed by atoms with Gasteiger partial charge in [-0.1, -0.05) is 0 Å². The number of rotatable bonds is 2. The first-order chi connectivity index (χ1) is 6.00. The topological polar surface area (TPSA) is 48.1 Å². The standard InChI is InChI=1S/C9H15N3O/c1-6-5-8(7(2)10-6)9(13)11-12(3)4/h5,10H,1-4H3,(H,11,13). The number of nitrogens with one attached hydrogen (secondary N) is 2. The van der Waals surface area contributed by atoms with Gasteiger partial charge in [0.05, 0.1) is 5.56 Å². The molecular weight excluding hydrogens is 166 g/mol. The molecule has 0 radical (unpaired) electrons. The van der Waals surface area contributed by atoms with E-state index in [9.17, 15) is 4.79 Å². The quantitative estimate of drug-likeness (QED) is 0.664. The monoisotopic (exact) mass is 181 g/mol. The summed E-state index contributed by atoms with van der Waals surface area (Å²) < 4.78 is 0. The number of amides is 1. The molecule has 0 fully saturated rings. The van der Waals surface area contributed by atoms with Crippen molar-refractivity contribution in [3.8, 4) is 0 Å². The van der Waals surface area contributed by atoms with Crippen molar-refractivity contribution >= 4 is 5.91 Å². The lowest BCUT2D eigenvalue weighted by atomic mass is 10.2. The molecule has 1 heterocycles. The van der Waals surface area contributed by atoms with Crippen molar-refractivity contribution in [3.63, 3.8) is 0 Å². The van der Waals surface area contributed by atoms with E-state index in [4.69, 9.17) is 0 Å². The van der Waals surface area contributed by atoms with Crippen LogP contribution in [-0.2, 0) is 0 Å². The van der Waals surface area contributed by atoms with Crippen LogP contribution in [0.25, 0.3) is 0 Å². The van der Waals surface area contributed by atoms with Gasteiger partial charge in [-0.3, -0.25) is 10.2 Å². The summed E-state index contributed by atoms with van der Waals surface area (Å²) in [7, 11) is 3.57. The molecule has 2 N–H and O–H groups in total. The van der Waals surface area contributed by atoms with Gasteiger partial charge < -0.3 is 4.98 Å². The molecule has 0 aliphatic rings.